The number of thiazole rings is 1. The molecule has 0 saturated carbocycles. The number of hydrogen-bond acceptors (Lipinski definition) is 5. The average molecular weight is 395 g/mol. The first-order valence-electron chi connectivity index (χ1n) is 9.39. The van der Waals surface area contributed by atoms with Gasteiger partial charge in [-0.25, -0.2) is 9.97 Å². The van der Waals surface area contributed by atoms with Crippen LogP contribution < -0.4 is 5.56 Å². The van der Waals surface area contributed by atoms with E-state index in [1.54, 1.807) is 5.51 Å². The lowest BCUT2D eigenvalue weighted by molar-refractivity contribution is 0.0733. The number of nitrogens with zero attached hydrogens (tertiary/aromatic N) is 3. The van der Waals surface area contributed by atoms with E-state index >= 15 is 0 Å². The van der Waals surface area contributed by atoms with Gasteiger partial charge in [-0.2, -0.15) is 0 Å². The van der Waals surface area contributed by atoms with Gasteiger partial charge in [0.05, 0.1) is 17.2 Å². The van der Waals surface area contributed by atoms with Crippen molar-refractivity contribution in [3.8, 4) is 0 Å². The molecule has 1 aromatic carbocycles. The molecular weight excluding hydrogens is 372 g/mol. The molecule has 0 unspecified atom stereocenters. The highest BCUT2D eigenvalue weighted by Crippen LogP contribution is 2.32. The van der Waals surface area contributed by atoms with Crippen LogP contribution in [0.15, 0.2) is 40.6 Å². The molecule has 144 valence electrons. The van der Waals surface area contributed by atoms with Crippen molar-refractivity contribution >= 4 is 17.2 Å². The Morgan fingerprint density at radius 3 is 2.71 bits per heavy atom. The first kappa shape index (κ1) is 18.6. The van der Waals surface area contributed by atoms with E-state index in [4.69, 9.17) is 0 Å². The van der Waals surface area contributed by atoms with Crippen LogP contribution in [-0.4, -0.2) is 32.3 Å². The maximum Gasteiger partial charge on any atom is 0.266 e. The number of hydrogen-bond donors (Lipinski definition) is 1. The molecule has 1 saturated heterocycles. The topological polar surface area (TPSA) is 79.0 Å². The second-order valence-corrected chi connectivity index (χ2v) is 7.96. The number of carbonyl (C=O) groups excluding carboxylic acids is 1. The molecule has 1 fully saturated rings. The van der Waals surface area contributed by atoms with Gasteiger partial charge in [-0.3, -0.25) is 9.59 Å². The van der Waals surface area contributed by atoms with E-state index in [9.17, 15) is 9.59 Å². The fourth-order valence-corrected chi connectivity index (χ4v) is 4.49. The van der Waals surface area contributed by atoms with Gasteiger partial charge in [0.15, 0.2) is 0 Å². The molecule has 28 heavy (non-hydrogen) atoms. The van der Waals surface area contributed by atoms with E-state index in [1.165, 1.54) is 11.3 Å². The summed E-state index contributed by atoms with van der Waals surface area (Å²) in [5, 5.41) is 0. The summed E-state index contributed by atoms with van der Waals surface area (Å²) in [5.41, 5.74) is 4.77. The van der Waals surface area contributed by atoms with Crippen molar-refractivity contribution in [1.82, 2.24) is 19.9 Å². The Morgan fingerprint density at radius 2 is 2.04 bits per heavy atom. The number of amides is 1. The third-order valence-corrected chi connectivity index (χ3v) is 6.15. The molecule has 1 amide bonds. The van der Waals surface area contributed by atoms with Crippen molar-refractivity contribution < 1.29 is 4.79 Å². The van der Waals surface area contributed by atoms with Crippen LogP contribution in [0.1, 0.15) is 56.9 Å². The van der Waals surface area contributed by atoms with Crippen LogP contribution in [0.3, 0.4) is 0 Å². The zero-order chi connectivity index (χ0) is 19.7. The SMILES string of the molecule is Cc1ncsc1C(=O)N1CCC[C@@H]1c1nc(C)c(Cc2ccccc2)c(=O)[nH]1. The van der Waals surface area contributed by atoms with Crippen LogP contribution in [0, 0.1) is 13.8 Å². The van der Waals surface area contributed by atoms with Crippen LogP contribution in [0.25, 0.3) is 0 Å². The molecule has 4 rings (SSSR count). The maximum absolute atomic E-state index is 13.0. The van der Waals surface area contributed by atoms with Crippen LogP contribution >= 0.6 is 11.3 Å². The maximum atomic E-state index is 13.0. The number of aromatic nitrogens is 3. The first-order chi connectivity index (χ1) is 13.5. The Balaban J connectivity index is 1.63. The summed E-state index contributed by atoms with van der Waals surface area (Å²) in [7, 11) is 0. The molecule has 1 aliphatic rings. The van der Waals surface area contributed by atoms with Gasteiger partial charge in [0.25, 0.3) is 11.5 Å². The van der Waals surface area contributed by atoms with E-state index in [2.05, 4.69) is 15.0 Å². The number of rotatable bonds is 4. The Labute approximate surface area is 167 Å². The van der Waals surface area contributed by atoms with Crippen molar-refractivity contribution in [2.75, 3.05) is 6.54 Å². The highest BCUT2D eigenvalue weighted by molar-refractivity contribution is 7.11. The van der Waals surface area contributed by atoms with E-state index in [0.717, 1.165) is 29.8 Å². The van der Waals surface area contributed by atoms with Crippen molar-refractivity contribution in [3.63, 3.8) is 0 Å². The predicted octanol–water partition coefficient (Wildman–Crippen LogP) is 3.41. The summed E-state index contributed by atoms with van der Waals surface area (Å²) in [4.78, 5) is 40.0. The number of carbonyl (C=O) groups is 1. The summed E-state index contributed by atoms with van der Waals surface area (Å²) in [6.07, 6.45) is 2.23. The van der Waals surface area contributed by atoms with Crippen LogP contribution in [0.4, 0.5) is 0 Å². The summed E-state index contributed by atoms with van der Waals surface area (Å²) in [6.45, 7) is 4.37. The Hall–Kier alpha value is -2.80. The standard InChI is InChI=1S/C21H22N4O2S/c1-13-16(11-15-7-4-3-5-8-15)20(26)24-19(23-13)17-9-6-10-25(17)21(27)18-14(2)22-12-28-18/h3-5,7-8,12,17H,6,9-11H2,1-2H3,(H,23,24,26)/t17-/m1/s1. The van der Waals surface area contributed by atoms with Gasteiger partial charge in [-0.15, -0.1) is 11.3 Å². The van der Waals surface area contributed by atoms with Gasteiger partial charge >= 0.3 is 0 Å². The molecule has 3 aromatic rings. The molecule has 0 radical (unpaired) electrons. The predicted molar refractivity (Wildman–Crippen MR) is 109 cm³/mol. The van der Waals surface area contributed by atoms with Crippen LogP contribution in [-0.2, 0) is 6.42 Å². The highest BCUT2D eigenvalue weighted by Gasteiger charge is 2.34. The molecule has 0 spiro atoms. The zero-order valence-electron chi connectivity index (χ0n) is 15.9. The quantitative estimate of drug-likeness (QED) is 0.735. The van der Waals surface area contributed by atoms with Crippen molar-refractivity contribution in [2.45, 2.75) is 39.2 Å². The molecule has 7 heteroatoms. The van der Waals surface area contributed by atoms with Gasteiger partial charge in [0, 0.05) is 24.2 Å². The minimum absolute atomic E-state index is 0.0313. The first-order valence-corrected chi connectivity index (χ1v) is 10.3. The fraction of sp³-hybridized carbons (Fsp3) is 0.333. The van der Waals surface area contributed by atoms with Crippen molar-refractivity contribution in [1.29, 1.82) is 0 Å². The van der Waals surface area contributed by atoms with Gasteiger partial charge in [0.2, 0.25) is 0 Å². The summed E-state index contributed by atoms with van der Waals surface area (Å²) in [6, 6.07) is 9.68. The van der Waals surface area contributed by atoms with E-state index < -0.39 is 0 Å². The second kappa shape index (κ2) is 7.67. The molecule has 1 aliphatic heterocycles. The van der Waals surface area contributed by atoms with Gasteiger partial charge in [-0.1, -0.05) is 30.3 Å². The monoisotopic (exact) mass is 394 g/mol. The number of likely N-dealkylation sites (tertiary alicyclic amines) is 1. The van der Waals surface area contributed by atoms with Crippen molar-refractivity contribution in [3.05, 3.63) is 79.4 Å². The van der Waals surface area contributed by atoms with Crippen LogP contribution in [0.2, 0.25) is 0 Å². The molecule has 0 aliphatic carbocycles. The van der Waals surface area contributed by atoms with Gasteiger partial charge in [-0.05, 0) is 32.3 Å². The number of benzene rings is 1. The van der Waals surface area contributed by atoms with Crippen LogP contribution in [0.5, 0.6) is 0 Å². The summed E-state index contributed by atoms with van der Waals surface area (Å²) >= 11 is 1.36. The number of aryl methyl sites for hydroxylation is 2. The molecule has 3 heterocycles. The molecule has 6 nitrogen and oxygen atoms in total. The molecule has 1 atom stereocenters. The van der Waals surface area contributed by atoms with E-state index in [1.807, 2.05) is 49.1 Å². The molecular formula is C21H22N4O2S. The largest absolute Gasteiger partial charge is 0.328 e. The smallest absolute Gasteiger partial charge is 0.266 e. The number of nitrogens with one attached hydrogen (secondary N) is 1. The lowest BCUT2D eigenvalue weighted by Gasteiger charge is -2.24. The fourth-order valence-electron chi connectivity index (χ4n) is 3.73. The van der Waals surface area contributed by atoms with Gasteiger partial charge < -0.3 is 9.88 Å². The average Bonchev–Trinajstić information content (AvgIpc) is 3.34. The van der Waals surface area contributed by atoms with E-state index in [0.29, 0.717) is 29.2 Å². The Bertz CT molecular complexity index is 1060. The molecule has 2 aromatic heterocycles. The molecule has 0 bridgehead atoms. The zero-order valence-corrected chi connectivity index (χ0v) is 16.8. The third kappa shape index (κ3) is 3.49. The number of H-pyrrole nitrogens is 1. The minimum atomic E-state index is -0.203. The minimum Gasteiger partial charge on any atom is -0.328 e. The van der Waals surface area contributed by atoms with E-state index in [-0.39, 0.29) is 17.5 Å². The lowest BCUT2D eigenvalue weighted by atomic mass is 10.0. The lowest BCUT2D eigenvalue weighted by Crippen LogP contribution is -2.33. The summed E-state index contributed by atoms with van der Waals surface area (Å²) in [5.74, 6) is 0.545. The van der Waals surface area contributed by atoms with Crippen molar-refractivity contribution in [2.24, 2.45) is 0 Å². The Morgan fingerprint density at radius 1 is 1.25 bits per heavy atom. The third-order valence-electron chi connectivity index (χ3n) is 5.23. The highest BCUT2D eigenvalue weighted by atomic mass is 32.1. The normalized spacial score (nSPS) is 16.5. The Kier molecular flexibility index (Phi) is 5.09. The second-order valence-electron chi connectivity index (χ2n) is 7.10. The van der Waals surface area contributed by atoms with Gasteiger partial charge in [0.1, 0.15) is 10.7 Å². The summed E-state index contributed by atoms with van der Waals surface area (Å²) < 4.78 is 0. The molecule has 1 N–H and O–H groups in total. The number of aromatic amines is 1.